The molecule has 2 heterocycles. The minimum Gasteiger partial charge on any atom is -0.222 e. The van der Waals surface area contributed by atoms with E-state index >= 15 is 0 Å². The molecule has 0 radical (unpaired) electrons. The number of nitrogens with zero attached hydrogens (tertiary/aromatic N) is 4. The number of hydrogen-bond donors (Lipinski definition) is 0. The Bertz CT molecular complexity index is 652. The van der Waals surface area contributed by atoms with Crippen molar-refractivity contribution in [3.63, 3.8) is 0 Å². The third kappa shape index (κ3) is 2.00. The van der Waals surface area contributed by atoms with Crippen LogP contribution in [0.15, 0.2) is 17.4 Å². The van der Waals surface area contributed by atoms with E-state index in [9.17, 15) is 8.42 Å². The van der Waals surface area contributed by atoms with E-state index in [-0.39, 0.29) is 16.7 Å². The first-order valence-corrected chi connectivity index (χ1v) is 7.02. The van der Waals surface area contributed by atoms with Crippen LogP contribution in [0.2, 0.25) is 0 Å². The van der Waals surface area contributed by atoms with E-state index < -0.39 is 15.1 Å². The quantitative estimate of drug-likeness (QED) is 0.612. The lowest BCUT2D eigenvalue weighted by Gasteiger charge is -2.10. The second-order valence-electron chi connectivity index (χ2n) is 3.72. The van der Waals surface area contributed by atoms with Gasteiger partial charge in [-0.25, -0.2) is 13.4 Å². The minimum atomic E-state index is -3.52. The summed E-state index contributed by atoms with van der Waals surface area (Å²) in [7, 11) is -3.52. The van der Waals surface area contributed by atoms with Crippen molar-refractivity contribution < 1.29 is 8.42 Å². The first-order chi connectivity index (χ1) is 7.96. The highest BCUT2D eigenvalue weighted by Crippen LogP contribution is 2.17. The standard InChI is InChI=1S/C9H11ClN4O2S/c1-6-3-8(17(15,16)7(2)4-10)14-9(13-6)11-5-12-14/h3,5,7H,4H2,1-2H3. The Morgan fingerprint density at radius 2 is 2.24 bits per heavy atom. The van der Waals surface area contributed by atoms with Crippen LogP contribution in [0.5, 0.6) is 0 Å². The van der Waals surface area contributed by atoms with E-state index in [0.717, 1.165) is 0 Å². The number of sulfone groups is 1. The first-order valence-electron chi connectivity index (χ1n) is 4.94. The molecule has 0 spiro atoms. The summed E-state index contributed by atoms with van der Waals surface area (Å²) in [5, 5.41) is 3.26. The zero-order chi connectivity index (χ0) is 12.6. The summed E-state index contributed by atoms with van der Waals surface area (Å²) < 4.78 is 25.7. The Morgan fingerprint density at radius 1 is 1.53 bits per heavy atom. The van der Waals surface area contributed by atoms with Gasteiger partial charge in [0.2, 0.25) is 0 Å². The van der Waals surface area contributed by atoms with Gasteiger partial charge in [0.15, 0.2) is 14.9 Å². The fourth-order valence-corrected chi connectivity index (χ4v) is 3.17. The van der Waals surface area contributed by atoms with Gasteiger partial charge in [0.1, 0.15) is 6.33 Å². The van der Waals surface area contributed by atoms with Crippen molar-refractivity contribution in [2.45, 2.75) is 24.1 Å². The Balaban J connectivity index is 2.74. The van der Waals surface area contributed by atoms with Gasteiger partial charge in [-0.15, -0.1) is 11.6 Å². The Labute approximate surface area is 104 Å². The number of rotatable bonds is 3. The van der Waals surface area contributed by atoms with Gasteiger partial charge in [0, 0.05) is 11.6 Å². The average Bonchev–Trinajstić information content (AvgIpc) is 2.74. The Kier molecular flexibility index (Phi) is 3.05. The van der Waals surface area contributed by atoms with Gasteiger partial charge in [-0.05, 0) is 19.9 Å². The van der Waals surface area contributed by atoms with Crippen LogP contribution in [-0.2, 0) is 9.84 Å². The van der Waals surface area contributed by atoms with E-state index in [2.05, 4.69) is 15.1 Å². The molecule has 0 aliphatic rings. The first kappa shape index (κ1) is 12.3. The summed E-state index contributed by atoms with van der Waals surface area (Å²) in [6.07, 6.45) is 1.27. The SMILES string of the molecule is Cc1cc(S(=O)(=O)C(C)CCl)n2ncnc2n1. The highest BCUT2D eigenvalue weighted by molar-refractivity contribution is 7.92. The molecule has 0 saturated carbocycles. The predicted octanol–water partition coefficient (Wildman–Crippen LogP) is 0.834. The summed E-state index contributed by atoms with van der Waals surface area (Å²) in [6, 6.07) is 1.47. The van der Waals surface area contributed by atoms with Crippen molar-refractivity contribution in [3.8, 4) is 0 Å². The van der Waals surface area contributed by atoms with E-state index in [0.29, 0.717) is 5.69 Å². The lowest BCUT2D eigenvalue weighted by atomic mass is 10.5. The van der Waals surface area contributed by atoms with E-state index in [1.165, 1.54) is 16.9 Å². The maximum Gasteiger partial charge on any atom is 0.253 e. The molecule has 2 aromatic heterocycles. The van der Waals surface area contributed by atoms with E-state index in [1.54, 1.807) is 13.8 Å². The zero-order valence-corrected chi connectivity index (χ0v) is 10.9. The molecule has 2 aromatic rings. The van der Waals surface area contributed by atoms with Crippen molar-refractivity contribution in [1.29, 1.82) is 0 Å². The number of aromatic nitrogens is 4. The van der Waals surface area contributed by atoms with Crippen LogP contribution in [0.1, 0.15) is 12.6 Å². The van der Waals surface area contributed by atoms with Crippen LogP contribution in [0, 0.1) is 6.92 Å². The second-order valence-corrected chi connectivity index (χ2v) is 6.34. The fraction of sp³-hybridized carbons (Fsp3) is 0.444. The number of hydrogen-bond acceptors (Lipinski definition) is 5. The Morgan fingerprint density at radius 3 is 2.88 bits per heavy atom. The predicted molar refractivity (Wildman–Crippen MR) is 62.9 cm³/mol. The van der Waals surface area contributed by atoms with Gasteiger partial charge in [0.25, 0.3) is 5.78 Å². The summed E-state index contributed by atoms with van der Waals surface area (Å²) in [6.45, 7) is 3.26. The molecule has 0 N–H and O–H groups in total. The van der Waals surface area contributed by atoms with Crippen molar-refractivity contribution in [2.24, 2.45) is 0 Å². The molecule has 0 aliphatic carbocycles. The van der Waals surface area contributed by atoms with Crippen LogP contribution in [0.25, 0.3) is 5.78 Å². The third-order valence-corrected chi connectivity index (χ3v) is 5.13. The van der Waals surface area contributed by atoms with Gasteiger partial charge in [-0.1, -0.05) is 0 Å². The summed E-state index contributed by atoms with van der Waals surface area (Å²) >= 11 is 5.61. The van der Waals surface area contributed by atoms with Gasteiger partial charge in [-0.3, -0.25) is 0 Å². The van der Waals surface area contributed by atoms with Crippen molar-refractivity contribution in [3.05, 3.63) is 18.1 Å². The number of aryl methyl sites for hydroxylation is 1. The molecule has 1 unspecified atom stereocenters. The molecule has 0 saturated heterocycles. The normalized spacial score (nSPS) is 14.1. The molecule has 0 aromatic carbocycles. The molecule has 0 fully saturated rings. The van der Waals surface area contributed by atoms with Crippen LogP contribution in [0.3, 0.4) is 0 Å². The molecule has 17 heavy (non-hydrogen) atoms. The lowest BCUT2D eigenvalue weighted by Crippen LogP contribution is -2.22. The third-order valence-electron chi connectivity index (χ3n) is 2.39. The Hall–Kier alpha value is -1.21. The van der Waals surface area contributed by atoms with Gasteiger partial charge in [0.05, 0.1) is 5.25 Å². The molecule has 0 bridgehead atoms. The maximum absolute atomic E-state index is 12.2. The second kappa shape index (κ2) is 4.23. The fourth-order valence-electron chi connectivity index (χ4n) is 1.39. The van der Waals surface area contributed by atoms with E-state index in [1.807, 2.05) is 0 Å². The number of fused-ring (bicyclic) bond motifs is 1. The van der Waals surface area contributed by atoms with Gasteiger partial charge >= 0.3 is 0 Å². The summed E-state index contributed by atoms with van der Waals surface area (Å²) in [5.74, 6) is 0.297. The van der Waals surface area contributed by atoms with Crippen molar-refractivity contribution in [2.75, 3.05) is 5.88 Å². The molecule has 2 rings (SSSR count). The minimum absolute atomic E-state index is 0.0277. The average molecular weight is 275 g/mol. The number of halogens is 1. The molecular weight excluding hydrogens is 264 g/mol. The maximum atomic E-state index is 12.2. The topological polar surface area (TPSA) is 77.2 Å². The smallest absolute Gasteiger partial charge is 0.222 e. The number of alkyl halides is 1. The van der Waals surface area contributed by atoms with Crippen molar-refractivity contribution >= 4 is 27.2 Å². The van der Waals surface area contributed by atoms with Crippen molar-refractivity contribution in [1.82, 2.24) is 19.6 Å². The molecule has 0 amide bonds. The van der Waals surface area contributed by atoms with Gasteiger partial charge in [-0.2, -0.15) is 14.6 Å². The van der Waals surface area contributed by atoms with Crippen LogP contribution in [-0.4, -0.2) is 39.1 Å². The summed E-state index contributed by atoms with van der Waals surface area (Å²) in [5.41, 5.74) is 0.575. The van der Waals surface area contributed by atoms with Gasteiger partial charge < -0.3 is 0 Å². The van der Waals surface area contributed by atoms with Crippen LogP contribution < -0.4 is 0 Å². The molecule has 8 heteroatoms. The monoisotopic (exact) mass is 274 g/mol. The highest BCUT2D eigenvalue weighted by Gasteiger charge is 2.26. The van der Waals surface area contributed by atoms with Crippen LogP contribution in [0.4, 0.5) is 0 Å². The zero-order valence-electron chi connectivity index (χ0n) is 9.33. The molecule has 1 atom stereocenters. The highest BCUT2D eigenvalue weighted by atomic mass is 35.5. The molecule has 92 valence electrons. The molecule has 0 aliphatic heterocycles. The lowest BCUT2D eigenvalue weighted by molar-refractivity contribution is 0.578. The largest absolute Gasteiger partial charge is 0.253 e. The molecular formula is C9H11ClN4O2S. The van der Waals surface area contributed by atoms with Crippen LogP contribution >= 0.6 is 11.6 Å². The van der Waals surface area contributed by atoms with E-state index in [4.69, 9.17) is 11.6 Å². The molecule has 6 nitrogen and oxygen atoms in total. The summed E-state index contributed by atoms with van der Waals surface area (Å²) in [4.78, 5) is 7.97.